The van der Waals surface area contributed by atoms with Crippen molar-refractivity contribution in [3.63, 3.8) is 0 Å². The molecule has 44 heavy (non-hydrogen) atoms. The first-order valence-corrected chi connectivity index (χ1v) is 14.9. The highest BCUT2D eigenvalue weighted by Crippen LogP contribution is 2.35. The van der Waals surface area contributed by atoms with Gasteiger partial charge in [-0.1, -0.05) is 71.8 Å². The van der Waals surface area contributed by atoms with E-state index in [0.29, 0.717) is 25.7 Å². The van der Waals surface area contributed by atoms with Crippen molar-refractivity contribution in [2.75, 3.05) is 0 Å². The Hall–Kier alpha value is -4.90. The standard InChI is InChI=1S/C39H40O5/c1-22-6-10-35(40)30(12-22)20-32-17-27(14-25(4)37(32)42)16-29-9-8-24(3)34(39(29)44)19-28-15-26(5)38(43)33(18-28)21-31-13-23(2)7-11-36(31)41/h6-15,17-18,40-44H,16,19-21H2,1-5H3. The molecule has 0 saturated heterocycles. The van der Waals surface area contributed by atoms with Crippen LogP contribution in [0, 0.1) is 34.6 Å². The van der Waals surface area contributed by atoms with E-state index < -0.39 is 0 Å². The van der Waals surface area contributed by atoms with Gasteiger partial charge in [0.2, 0.25) is 0 Å². The van der Waals surface area contributed by atoms with Crippen molar-refractivity contribution in [2.24, 2.45) is 0 Å². The molecule has 0 saturated carbocycles. The first-order valence-electron chi connectivity index (χ1n) is 14.9. The van der Waals surface area contributed by atoms with Gasteiger partial charge in [-0.3, -0.25) is 0 Å². The van der Waals surface area contributed by atoms with Crippen LogP contribution in [0.15, 0.2) is 72.8 Å². The van der Waals surface area contributed by atoms with E-state index in [2.05, 4.69) is 0 Å². The Morgan fingerprint density at radius 2 is 0.864 bits per heavy atom. The zero-order valence-corrected chi connectivity index (χ0v) is 26.0. The highest BCUT2D eigenvalue weighted by Gasteiger charge is 2.17. The van der Waals surface area contributed by atoms with Gasteiger partial charge >= 0.3 is 0 Å². The van der Waals surface area contributed by atoms with E-state index in [1.54, 1.807) is 12.1 Å². The maximum Gasteiger partial charge on any atom is 0.122 e. The average Bonchev–Trinajstić information content (AvgIpc) is 2.97. The Labute approximate surface area is 259 Å². The summed E-state index contributed by atoms with van der Waals surface area (Å²) in [5.74, 6) is 1.05. The van der Waals surface area contributed by atoms with Gasteiger partial charge in [0.25, 0.3) is 0 Å². The number of phenols is 5. The van der Waals surface area contributed by atoms with Crippen LogP contribution in [0.3, 0.4) is 0 Å². The first-order chi connectivity index (χ1) is 20.9. The van der Waals surface area contributed by atoms with Gasteiger partial charge in [0.05, 0.1) is 0 Å². The largest absolute Gasteiger partial charge is 0.508 e. The molecule has 0 aliphatic rings. The number of benzene rings is 5. The number of hydrogen-bond acceptors (Lipinski definition) is 5. The summed E-state index contributed by atoms with van der Waals surface area (Å²) < 4.78 is 0. The minimum absolute atomic E-state index is 0.196. The highest BCUT2D eigenvalue weighted by atomic mass is 16.3. The Kier molecular flexibility index (Phi) is 8.59. The molecule has 226 valence electrons. The molecular formula is C39H40O5. The van der Waals surface area contributed by atoms with Crippen molar-refractivity contribution in [1.29, 1.82) is 0 Å². The van der Waals surface area contributed by atoms with E-state index in [-0.39, 0.29) is 28.7 Å². The van der Waals surface area contributed by atoms with Crippen LogP contribution in [0.2, 0.25) is 0 Å². The molecule has 0 fully saturated rings. The van der Waals surface area contributed by atoms with Gasteiger partial charge < -0.3 is 25.5 Å². The van der Waals surface area contributed by atoms with Crippen LogP contribution in [-0.2, 0) is 25.7 Å². The zero-order chi connectivity index (χ0) is 31.7. The molecule has 5 nitrogen and oxygen atoms in total. The van der Waals surface area contributed by atoms with Gasteiger partial charge in [-0.15, -0.1) is 0 Å². The summed E-state index contributed by atoms with van der Waals surface area (Å²) >= 11 is 0. The quantitative estimate of drug-likeness (QED) is 0.126. The Morgan fingerprint density at radius 3 is 1.36 bits per heavy atom. The molecule has 5 heteroatoms. The minimum atomic E-state index is 0.196. The molecule has 0 aromatic heterocycles. The number of hydrogen-bond donors (Lipinski definition) is 5. The normalized spacial score (nSPS) is 11.2. The maximum atomic E-state index is 11.5. The van der Waals surface area contributed by atoms with Crippen molar-refractivity contribution in [2.45, 2.75) is 60.3 Å². The lowest BCUT2D eigenvalue weighted by atomic mass is 9.90. The third-order valence-electron chi connectivity index (χ3n) is 8.49. The van der Waals surface area contributed by atoms with Crippen molar-refractivity contribution >= 4 is 0 Å². The molecule has 5 aromatic carbocycles. The second-order valence-corrected chi connectivity index (χ2v) is 12.2. The fourth-order valence-electron chi connectivity index (χ4n) is 6.04. The van der Waals surface area contributed by atoms with Gasteiger partial charge in [-0.2, -0.15) is 0 Å². The van der Waals surface area contributed by atoms with Crippen LogP contribution >= 0.6 is 0 Å². The van der Waals surface area contributed by atoms with Crippen LogP contribution in [0.4, 0.5) is 0 Å². The number of aromatic hydroxyl groups is 5. The Morgan fingerprint density at radius 1 is 0.386 bits per heavy atom. The van der Waals surface area contributed by atoms with E-state index >= 15 is 0 Å². The summed E-state index contributed by atoms with van der Waals surface area (Å²) in [7, 11) is 0. The maximum absolute atomic E-state index is 11.5. The van der Waals surface area contributed by atoms with Gasteiger partial charge in [-0.05, 0) is 102 Å². The third kappa shape index (κ3) is 6.52. The number of aryl methyl sites for hydroxylation is 5. The van der Waals surface area contributed by atoms with E-state index in [0.717, 1.165) is 72.3 Å². The fraction of sp³-hybridized carbons (Fsp3) is 0.231. The molecular weight excluding hydrogens is 548 g/mol. The molecule has 0 amide bonds. The summed E-state index contributed by atoms with van der Waals surface area (Å²) in [4.78, 5) is 0. The summed E-state index contributed by atoms with van der Waals surface area (Å²) in [5.41, 5.74) is 11.0. The average molecular weight is 589 g/mol. The van der Waals surface area contributed by atoms with E-state index in [4.69, 9.17) is 0 Å². The molecule has 0 heterocycles. The zero-order valence-electron chi connectivity index (χ0n) is 26.0. The molecule has 0 atom stereocenters. The van der Waals surface area contributed by atoms with Crippen molar-refractivity contribution in [1.82, 2.24) is 0 Å². The smallest absolute Gasteiger partial charge is 0.122 e. The Bertz CT molecular complexity index is 1870. The highest BCUT2D eigenvalue weighted by molar-refractivity contribution is 5.54. The Balaban J connectivity index is 1.44. The molecule has 0 radical (unpaired) electrons. The molecule has 0 aliphatic heterocycles. The molecule has 0 unspecified atom stereocenters. The number of phenolic OH excluding ortho intramolecular Hbond substituents is 5. The second-order valence-electron chi connectivity index (χ2n) is 12.2. The van der Waals surface area contributed by atoms with Crippen LogP contribution in [0.1, 0.15) is 72.3 Å². The minimum Gasteiger partial charge on any atom is -0.508 e. The predicted molar refractivity (Wildman–Crippen MR) is 175 cm³/mol. The van der Waals surface area contributed by atoms with Crippen LogP contribution in [-0.4, -0.2) is 25.5 Å². The van der Waals surface area contributed by atoms with Crippen LogP contribution in [0.25, 0.3) is 0 Å². The van der Waals surface area contributed by atoms with Gasteiger partial charge in [0.1, 0.15) is 28.7 Å². The van der Waals surface area contributed by atoms with Gasteiger partial charge in [-0.25, -0.2) is 0 Å². The van der Waals surface area contributed by atoms with E-state index in [1.807, 2.05) is 95.3 Å². The lowest BCUT2D eigenvalue weighted by Gasteiger charge is -2.17. The molecule has 0 spiro atoms. The summed E-state index contributed by atoms with van der Waals surface area (Å²) in [6.45, 7) is 9.65. The van der Waals surface area contributed by atoms with Crippen molar-refractivity contribution in [3.8, 4) is 28.7 Å². The van der Waals surface area contributed by atoms with E-state index in [9.17, 15) is 25.5 Å². The second kappa shape index (κ2) is 12.4. The lowest BCUT2D eigenvalue weighted by Crippen LogP contribution is -2.01. The molecule has 5 rings (SSSR count). The van der Waals surface area contributed by atoms with Crippen molar-refractivity contribution < 1.29 is 25.5 Å². The van der Waals surface area contributed by atoms with Gasteiger partial charge in [0.15, 0.2) is 0 Å². The number of rotatable bonds is 8. The van der Waals surface area contributed by atoms with Crippen molar-refractivity contribution in [3.05, 3.63) is 145 Å². The lowest BCUT2D eigenvalue weighted by molar-refractivity contribution is 0.459. The third-order valence-corrected chi connectivity index (χ3v) is 8.49. The van der Waals surface area contributed by atoms with Crippen LogP contribution in [0.5, 0.6) is 28.7 Å². The molecule has 5 N–H and O–H groups in total. The van der Waals surface area contributed by atoms with Gasteiger partial charge in [0, 0.05) is 31.2 Å². The summed E-state index contributed by atoms with van der Waals surface area (Å²) in [6, 6.07) is 22.6. The molecule has 0 aliphatic carbocycles. The van der Waals surface area contributed by atoms with Crippen LogP contribution < -0.4 is 0 Å². The molecule has 5 aromatic rings. The van der Waals surface area contributed by atoms with E-state index in [1.165, 1.54) is 0 Å². The first kappa shape index (κ1) is 30.6. The monoisotopic (exact) mass is 588 g/mol. The summed E-state index contributed by atoms with van der Waals surface area (Å²) in [6.07, 6.45) is 1.73. The topological polar surface area (TPSA) is 101 Å². The SMILES string of the molecule is Cc1ccc(O)c(Cc2cc(Cc3ccc(C)c(Cc4cc(C)c(O)c(Cc5cc(C)ccc5O)c4)c3O)cc(C)c2O)c1. The molecule has 0 bridgehead atoms. The summed E-state index contributed by atoms with van der Waals surface area (Å²) in [5, 5.41) is 54.0. The predicted octanol–water partition coefficient (Wildman–Crippen LogP) is 8.12. The fourth-order valence-corrected chi connectivity index (χ4v) is 6.04.